The van der Waals surface area contributed by atoms with E-state index in [9.17, 15) is 17.6 Å². The van der Waals surface area contributed by atoms with Crippen LogP contribution in [0.15, 0.2) is 48.5 Å². The summed E-state index contributed by atoms with van der Waals surface area (Å²) < 4.78 is 50.9. The van der Waals surface area contributed by atoms with Crippen molar-refractivity contribution >= 4 is 0 Å². The fraction of sp³-hybridized carbons (Fsp3) is 0.143. The van der Waals surface area contributed by atoms with Crippen LogP contribution in [-0.2, 0) is 6.18 Å². The van der Waals surface area contributed by atoms with Gasteiger partial charge in [-0.1, -0.05) is 24.3 Å². The number of benzene rings is 2. The Bertz CT molecular complexity index is 578. The summed E-state index contributed by atoms with van der Waals surface area (Å²) >= 11 is 0. The second-order valence-electron chi connectivity index (χ2n) is 4.27. The Kier molecular flexibility index (Phi) is 4.06. The molecule has 1 atom stereocenters. The monoisotopic (exact) mass is 284 g/mol. The largest absolute Gasteiger partial charge is 0.416 e. The molecule has 2 aromatic rings. The van der Waals surface area contributed by atoms with Crippen molar-refractivity contribution < 1.29 is 17.6 Å². The van der Waals surface area contributed by atoms with Crippen LogP contribution in [0, 0.1) is 5.82 Å². The molecule has 0 aromatic heterocycles. The summed E-state index contributed by atoms with van der Waals surface area (Å²) in [5, 5.41) is 0. The minimum Gasteiger partial charge on any atom is -0.271 e. The molecule has 20 heavy (non-hydrogen) atoms. The van der Waals surface area contributed by atoms with E-state index in [-0.39, 0.29) is 0 Å². The van der Waals surface area contributed by atoms with Crippen LogP contribution in [0.5, 0.6) is 0 Å². The molecule has 0 spiro atoms. The van der Waals surface area contributed by atoms with Crippen LogP contribution < -0.4 is 11.3 Å². The van der Waals surface area contributed by atoms with Crippen molar-refractivity contribution in [3.05, 3.63) is 71.0 Å². The molecule has 2 aromatic carbocycles. The van der Waals surface area contributed by atoms with Gasteiger partial charge in [-0.3, -0.25) is 5.84 Å². The second kappa shape index (κ2) is 5.60. The van der Waals surface area contributed by atoms with E-state index in [0.717, 1.165) is 12.1 Å². The van der Waals surface area contributed by atoms with E-state index < -0.39 is 23.6 Å². The number of hydrogen-bond acceptors (Lipinski definition) is 2. The van der Waals surface area contributed by atoms with E-state index in [1.165, 1.54) is 36.4 Å². The number of hydrogen-bond donors (Lipinski definition) is 2. The third-order valence-corrected chi connectivity index (χ3v) is 2.92. The molecular formula is C14H12F4N2. The molecule has 0 fully saturated rings. The predicted octanol–water partition coefficient (Wildman–Crippen LogP) is 3.40. The van der Waals surface area contributed by atoms with Gasteiger partial charge in [0.2, 0.25) is 0 Å². The van der Waals surface area contributed by atoms with Gasteiger partial charge in [-0.05, 0) is 35.4 Å². The van der Waals surface area contributed by atoms with E-state index in [0.29, 0.717) is 11.1 Å². The summed E-state index contributed by atoms with van der Waals surface area (Å²) in [6.45, 7) is 0. The first kappa shape index (κ1) is 14.5. The Morgan fingerprint density at radius 1 is 0.950 bits per heavy atom. The smallest absolute Gasteiger partial charge is 0.271 e. The van der Waals surface area contributed by atoms with Crippen molar-refractivity contribution in [1.29, 1.82) is 0 Å². The molecule has 0 aliphatic heterocycles. The van der Waals surface area contributed by atoms with Gasteiger partial charge in [-0.2, -0.15) is 13.2 Å². The SMILES string of the molecule is NNC(c1ccc(F)cc1)c1cccc(C(F)(F)F)c1. The number of hydrazine groups is 1. The third kappa shape index (κ3) is 3.15. The fourth-order valence-electron chi connectivity index (χ4n) is 1.93. The minimum absolute atomic E-state index is 0.355. The molecule has 0 amide bonds. The Labute approximate surface area is 113 Å². The molecule has 0 bridgehead atoms. The van der Waals surface area contributed by atoms with Gasteiger partial charge in [-0.25, -0.2) is 9.82 Å². The molecule has 0 aliphatic carbocycles. The van der Waals surface area contributed by atoms with Crippen LogP contribution in [0.4, 0.5) is 17.6 Å². The standard InChI is InChI=1S/C14H12F4N2/c15-12-6-4-9(5-7-12)13(20-19)10-2-1-3-11(8-10)14(16,17)18/h1-8,13,20H,19H2. The summed E-state index contributed by atoms with van der Waals surface area (Å²) in [5.41, 5.74) is 2.62. The van der Waals surface area contributed by atoms with Gasteiger partial charge in [0, 0.05) is 0 Å². The van der Waals surface area contributed by atoms with E-state index in [4.69, 9.17) is 5.84 Å². The highest BCUT2D eigenvalue weighted by Crippen LogP contribution is 2.31. The quantitative estimate of drug-likeness (QED) is 0.515. The molecule has 0 saturated carbocycles. The van der Waals surface area contributed by atoms with Crippen LogP contribution >= 0.6 is 0 Å². The lowest BCUT2D eigenvalue weighted by Crippen LogP contribution is -2.29. The molecule has 2 rings (SSSR count). The molecule has 106 valence electrons. The van der Waals surface area contributed by atoms with Crippen LogP contribution in [-0.4, -0.2) is 0 Å². The molecule has 0 radical (unpaired) electrons. The predicted molar refractivity (Wildman–Crippen MR) is 67.0 cm³/mol. The summed E-state index contributed by atoms with van der Waals surface area (Å²) in [7, 11) is 0. The molecule has 6 heteroatoms. The molecule has 3 N–H and O–H groups in total. The first-order chi connectivity index (χ1) is 9.41. The van der Waals surface area contributed by atoms with Crippen molar-refractivity contribution in [1.82, 2.24) is 5.43 Å². The van der Waals surface area contributed by atoms with Gasteiger partial charge in [0.25, 0.3) is 0 Å². The fourth-order valence-corrected chi connectivity index (χ4v) is 1.93. The maximum Gasteiger partial charge on any atom is 0.416 e. The number of nitrogens with two attached hydrogens (primary N) is 1. The van der Waals surface area contributed by atoms with Gasteiger partial charge in [-0.15, -0.1) is 0 Å². The van der Waals surface area contributed by atoms with Crippen LogP contribution in [0.25, 0.3) is 0 Å². The van der Waals surface area contributed by atoms with Gasteiger partial charge >= 0.3 is 6.18 Å². The molecule has 0 saturated heterocycles. The number of alkyl halides is 3. The van der Waals surface area contributed by atoms with E-state index in [1.807, 2.05) is 0 Å². The zero-order valence-corrected chi connectivity index (χ0v) is 10.3. The van der Waals surface area contributed by atoms with Crippen LogP contribution in [0.1, 0.15) is 22.7 Å². The zero-order chi connectivity index (χ0) is 14.8. The molecule has 2 nitrogen and oxygen atoms in total. The third-order valence-electron chi connectivity index (χ3n) is 2.92. The van der Waals surface area contributed by atoms with Gasteiger partial charge in [0.15, 0.2) is 0 Å². The maximum absolute atomic E-state index is 12.9. The van der Waals surface area contributed by atoms with Crippen LogP contribution in [0.3, 0.4) is 0 Å². The maximum atomic E-state index is 12.9. The van der Waals surface area contributed by atoms with Crippen molar-refractivity contribution in [2.24, 2.45) is 5.84 Å². The Balaban J connectivity index is 2.39. The molecule has 1 unspecified atom stereocenters. The summed E-state index contributed by atoms with van der Waals surface area (Å²) in [5.74, 6) is 4.99. The topological polar surface area (TPSA) is 38.0 Å². The summed E-state index contributed by atoms with van der Waals surface area (Å²) in [6.07, 6.45) is -4.42. The first-order valence-electron chi connectivity index (χ1n) is 5.80. The van der Waals surface area contributed by atoms with Gasteiger partial charge in [0.1, 0.15) is 5.82 Å². The average Bonchev–Trinajstić information content (AvgIpc) is 2.41. The first-order valence-corrected chi connectivity index (χ1v) is 5.80. The lowest BCUT2D eigenvalue weighted by molar-refractivity contribution is -0.137. The van der Waals surface area contributed by atoms with Gasteiger partial charge in [0.05, 0.1) is 11.6 Å². The van der Waals surface area contributed by atoms with E-state index >= 15 is 0 Å². The van der Waals surface area contributed by atoms with Crippen molar-refractivity contribution in [3.8, 4) is 0 Å². The van der Waals surface area contributed by atoms with E-state index in [2.05, 4.69) is 5.43 Å². The lowest BCUT2D eigenvalue weighted by atomic mass is 9.97. The molecule has 0 heterocycles. The van der Waals surface area contributed by atoms with Gasteiger partial charge < -0.3 is 0 Å². The highest BCUT2D eigenvalue weighted by Gasteiger charge is 2.31. The Hall–Kier alpha value is -1.92. The van der Waals surface area contributed by atoms with Crippen molar-refractivity contribution in [2.45, 2.75) is 12.2 Å². The number of halogens is 4. The summed E-state index contributed by atoms with van der Waals surface area (Å²) in [4.78, 5) is 0. The lowest BCUT2D eigenvalue weighted by Gasteiger charge is -2.18. The normalized spacial score (nSPS) is 13.2. The number of rotatable bonds is 3. The second-order valence-corrected chi connectivity index (χ2v) is 4.27. The van der Waals surface area contributed by atoms with Crippen molar-refractivity contribution in [3.63, 3.8) is 0 Å². The van der Waals surface area contributed by atoms with Crippen LogP contribution in [0.2, 0.25) is 0 Å². The zero-order valence-electron chi connectivity index (χ0n) is 10.3. The highest BCUT2D eigenvalue weighted by atomic mass is 19.4. The molecular weight excluding hydrogens is 272 g/mol. The van der Waals surface area contributed by atoms with Crippen molar-refractivity contribution in [2.75, 3.05) is 0 Å². The Morgan fingerprint density at radius 2 is 1.60 bits per heavy atom. The highest BCUT2D eigenvalue weighted by molar-refractivity contribution is 5.35. The Morgan fingerprint density at radius 3 is 2.15 bits per heavy atom. The minimum atomic E-state index is -4.42. The average molecular weight is 284 g/mol. The van der Waals surface area contributed by atoms with E-state index in [1.54, 1.807) is 0 Å². The summed E-state index contributed by atoms with van der Waals surface area (Å²) in [6, 6.07) is 9.61. The number of nitrogens with one attached hydrogen (secondary N) is 1. The molecule has 0 aliphatic rings.